The lowest BCUT2D eigenvalue weighted by Gasteiger charge is -2.05. The Morgan fingerprint density at radius 1 is 1.33 bits per heavy atom. The largest absolute Gasteiger partial charge is 0.308 e. The zero-order valence-electron chi connectivity index (χ0n) is 10.7. The van der Waals surface area contributed by atoms with Crippen LogP contribution in [0.4, 0.5) is 0 Å². The maximum absolute atomic E-state index is 4.14. The summed E-state index contributed by atoms with van der Waals surface area (Å²) in [4.78, 5) is 0. The summed E-state index contributed by atoms with van der Waals surface area (Å²) < 4.78 is 3.76. The van der Waals surface area contributed by atoms with E-state index in [1.54, 1.807) is 6.20 Å². The molecule has 7 nitrogen and oxygen atoms in total. The molecule has 0 unspecified atom stereocenters. The van der Waals surface area contributed by atoms with Gasteiger partial charge in [0.25, 0.3) is 0 Å². The first-order valence-corrected chi connectivity index (χ1v) is 6.33. The summed E-state index contributed by atoms with van der Waals surface area (Å²) in [5.41, 5.74) is 0. The van der Waals surface area contributed by atoms with Gasteiger partial charge in [0.05, 0.1) is 13.1 Å². The summed E-state index contributed by atoms with van der Waals surface area (Å²) in [5, 5.41) is 19.2. The standard InChI is InChI=1S/C11H19N7/c1-2-3-8-18-11(14-15-16-18)10-12-6-9-17-7-4-5-13-17/h4-5,7,12H,2-3,6,8-10H2,1H3. The molecule has 0 atom stereocenters. The SMILES string of the molecule is CCCCn1nnnc1CNCCn1cccn1. The number of aryl methyl sites for hydroxylation is 1. The van der Waals surface area contributed by atoms with Gasteiger partial charge in [-0.3, -0.25) is 4.68 Å². The number of nitrogens with zero attached hydrogens (tertiary/aromatic N) is 6. The van der Waals surface area contributed by atoms with E-state index in [1.165, 1.54) is 0 Å². The van der Waals surface area contributed by atoms with Crippen molar-refractivity contribution in [1.82, 2.24) is 35.3 Å². The van der Waals surface area contributed by atoms with Gasteiger partial charge >= 0.3 is 0 Å². The lowest BCUT2D eigenvalue weighted by atomic mass is 10.3. The number of nitrogens with one attached hydrogen (secondary N) is 1. The Labute approximate surface area is 106 Å². The molecule has 0 aromatic carbocycles. The number of rotatable bonds is 8. The molecule has 0 amide bonds. The van der Waals surface area contributed by atoms with Crippen LogP contribution in [0.25, 0.3) is 0 Å². The van der Waals surface area contributed by atoms with Gasteiger partial charge in [0, 0.05) is 25.5 Å². The van der Waals surface area contributed by atoms with E-state index in [4.69, 9.17) is 0 Å². The fourth-order valence-electron chi connectivity index (χ4n) is 1.66. The summed E-state index contributed by atoms with van der Waals surface area (Å²) >= 11 is 0. The first-order valence-electron chi connectivity index (χ1n) is 6.33. The van der Waals surface area contributed by atoms with Gasteiger partial charge < -0.3 is 5.32 Å². The van der Waals surface area contributed by atoms with E-state index in [1.807, 2.05) is 21.6 Å². The number of unbranched alkanes of at least 4 members (excludes halogenated alkanes) is 1. The summed E-state index contributed by atoms with van der Waals surface area (Å²) in [7, 11) is 0. The van der Waals surface area contributed by atoms with E-state index in [9.17, 15) is 0 Å². The van der Waals surface area contributed by atoms with Crippen LogP contribution in [0.3, 0.4) is 0 Å². The Morgan fingerprint density at radius 3 is 3.06 bits per heavy atom. The van der Waals surface area contributed by atoms with Crippen LogP contribution in [0.5, 0.6) is 0 Å². The molecule has 0 aliphatic heterocycles. The zero-order valence-corrected chi connectivity index (χ0v) is 10.7. The van der Waals surface area contributed by atoms with Crippen LogP contribution in [-0.2, 0) is 19.6 Å². The number of tetrazole rings is 1. The smallest absolute Gasteiger partial charge is 0.165 e. The Morgan fingerprint density at radius 2 is 2.28 bits per heavy atom. The lowest BCUT2D eigenvalue weighted by molar-refractivity contribution is 0.502. The van der Waals surface area contributed by atoms with Crippen molar-refractivity contribution in [3.8, 4) is 0 Å². The van der Waals surface area contributed by atoms with Crippen molar-refractivity contribution >= 4 is 0 Å². The van der Waals surface area contributed by atoms with Gasteiger partial charge in [-0.25, -0.2) is 4.68 Å². The van der Waals surface area contributed by atoms with Crippen molar-refractivity contribution in [2.24, 2.45) is 0 Å². The van der Waals surface area contributed by atoms with E-state index in [2.05, 4.69) is 32.9 Å². The molecule has 0 aliphatic rings. The second kappa shape index (κ2) is 6.85. The molecule has 2 rings (SSSR count). The van der Waals surface area contributed by atoms with Gasteiger partial charge in [-0.2, -0.15) is 5.10 Å². The van der Waals surface area contributed by atoms with E-state index in [-0.39, 0.29) is 0 Å². The molecule has 7 heteroatoms. The minimum absolute atomic E-state index is 0.692. The van der Waals surface area contributed by atoms with Crippen molar-refractivity contribution in [2.75, 3.05) is 6.54 Å². The van der Waals surface area contributed by atoms with E-state index in [0.29, 0.717) is 6.54 Å². The zero-order chi connectivity index (χ0) is 12.6. The second-order valence-corrected chi connectivity index (χ2v) is 4.12. The Balaban J connectivity index is 1.71. The highest BCUT2D eigenvalue weighted by Gasteiger charge is 2.04. The molecule has 2 aromatic rings. The molecule has 0 saturated heterocycles. The van der Waals surface area contributed by atoms with Crippen molar-refractivity contribution in [2.45, 2.75) is 39.4 Å². The molecule has 98 valence electrons. The molecule has 0 fully saturated rings. The molecule has 1 N–H and O–H groups in total. The average molecular weight is 249 g/mol. The molecular weight excluding hydrogens is 230 g/mol. The molecule has 2 heterocycles. The van der Waals surface area contributed by atoms with Crippen LogP contribution >= 0.6 is 0 Å². The van der Waals surface area contributed by atoms with Crippen LogP contribution in [0.15, 0.2) is 18.5 Å². The van der Waals surface area contributed by atoms with Gasteiger partial charge in [0.15, 0.2) is 5.82 Å². The second-order valence-electron chi connectivity index (χ2n) is 4.12. The minimum Gasteiger partial charge on any atom is -0.308 e. The summed E-state index contributed by atoms with van der Waals surface area (Å²) in [5.74, 6) is 0.893. The molecule has 2 aromatic heterocycles. The van der Waals surface area contributed by atoms with Gasteiger partial charge in [-0.1, -0.05) is 13.3 Å². The van der Waals surface area contributed by atoms with Crippen molar-refractivity contribution in [3.05, 3.63) is 24.3 Å². The summed E-state index contributed by atoms with van der Waals surface area (Å²) in [6.45, 7) is 5.44. The molecule has 0 saturated carbocycles. The quantitative estimate of drug-likeness (QED) is 0.688. The average Bonchev–Trinajstić information content (AvgIpc) is 3.03. The van der Waals surface area contributed by atoms with Crippen molar-refractivity contribution < 1.29 is 0 Å². The normalized spacial score (nSPS) is 10.9. The highest BCUT2D eigenvalue weighted by atomic mass is 15.5. The number of hydrogen-bond donors (Lipinski definition) is 1. The molecule has 0 spiro atoms. The van der Waals surface area contributed by atoms with Gasteiger partial charge in [0.2, 0.25) is 0 Å². The maximum atomic E-state index is 4.14. The monoisotopic (exact) mass is 249 g/mol. The molecular formula is C11H19N7. The molecule has 18 heavy (non-hydrogen) atoms. The van der Waals surface area contributed by atoms with Crippen LogP contribution < -0.4 is 5.32 Å². The summed E-state index contributed by atoms with van der Waals surface area (Å²) in [6.07, 6.45) is 5.98. The van der Waals surface area contributed by atoms with E-state index >= 15 is 0 Å². The number of aromatic nitrogens is 6. The van der Waals surface area contributed by atoms with Crippen LogP contribution in [0.2, 0.25) is 0 Å². The molecule has 0 bridgehead atoms. The van der Waals surface area contributed by atoms with Gasteiger partial charge in [0.1, 0.15) is 0 Å². The fourth-order valence-corrected chi connectivity index (χ4v) is 1.66. The van der Waals surface area contributed by atoms with E-state index < -0.39 is 0 Å². The van der Waals surface area contributed by atoms with Gasteiger partial charge in [-0.15, -0.1) is 5.10 Å². The Kier molecular flexibility index (Phi) is 4.83. The highest BCUT2D eigenvalue weighted by Crippen LogP contribution is 1.96. The summed E-state index contributed by atoms with van der Waals surface area (Å²) in [6, 6.07) is 1.92. The maximum Gasteiger partial charge on any atom is 0.165 e. The Bertz CT molecular complexity index is 434. The third-order valence-corrected chi connectivity index (χ3v) is 2.69. The first-order chi connectivity index (χ1) is 8.90. The van der Waals surface area contributed by atoms with Crippen molar-refractivity contribution in [3.63, 3.8) is 0 Å². The van der Waals surface area contributed by atoms with Crippen LogP contribution in [-0.4, -0.2) is 36.5 Å². The molecule has 0 radical (unpaired) electrons. The van der Waals surface area contributed by atoms with Gasteiger partial charge in [-0.05, 0) is 22.9 Å². The predicted molar refractivity (Wildman–Crippen MR) is 66.7 cm³/mol. The fraction of sp³-hybridized carbons (Fsp3) is 0.636. The van der Waals surface area contributed by atoms with Crippen LogP contribution in [0, 0.1) is 0 Å². The number of hydrogen-bond acceptors (Lipinski definition) is 5. The van der Waals surface area contributed by atoms with E-state index in [0.717, 1.165) is 38.3 Å². The van der Waals surface area contributed by atoms with Crippen molar-refractivity contribution in [1.29, 1.82) is 0 Å². The van der Waals surface area contributed by atoms with Crippen LogP contribution in [0.1, 0.15) is 25.6 Å². The highest BCUT2D eigenvalue weighted by molar-refractivity contribution is 4.80. The third-order valence-electron chi connectivity index (χ3n) is 2.69. The third kappa shape index (κ3) is 3.63. The first kappa shape index (κ1) is 12.7. The molecule has 0 aliphatic carbocycles. The Hall–Kier alpha value is -1.76. The topological polar surface area (TPSA) is 73.5 Å². The minimum atomic E-state index is 0.692. The lowest BCUT2D eigenvalue weighted by Crippen LogP contribution is -2.22. The predicted octanol–water partition coefficient (Wildman–Crippen LogP) is 0.459.